The molecule has 1 heterocycles. The number of aliphatic carboxylic acids is 1. The van der Waals surface area contributed by atoms with Gasteiger partial charge in [-0.3, -0.25) is 4.79 Å². The molecule has 3 rings (SSSR count). The molecule has 1 aliphatic rings. The molecule has 0 unspecified atom stereocenters. The summed E-state index contributed by atoms with van der Waals surface area (Å²) in [6.07, 6.45) is 3.05. The maximum absolute atomic E-state index is 11.2. The molecule has 1 saturated carbocycles. The Kier molecular flexibility index (Phi) is 2.26. The van der Waals surface area contributed by atoms with Crippen molar-refractivity contribution in [2.24, 2.45) is 0 Å². The molecule has 92 valence electrons. The first-order valence-corrected chi connectivity index (χ1v) is 5.98. The number of aromatic nitrogens is 2. The van der Waals surface area contributed by atoms with E-state index in [1.807, 2.05) is 31.2 Å². The van der Waals surface area contributed by atoms with Crippen LogP contribution >= 0.6 is 0 Å². The second-order valence-corrected chi connectivity index (χ2v) is 4.90. The molecule has 1 fully saturated rings. The number of carboxylic acids is 1. The van der Waals surface area contributed by atoms with Gasteiger partial charge in [-0.1, -0.05) is 29.8 Å². The number of aromatic amines is 1. The summed E-state index contributed by atoms with van der Waals surface area (Å²) in [5, 5.41) is 9.21. The van der Waals surface area contributed by atoms with Crippen molar-refractivity contribution in [2.45, 2.75) is 25.2 Å². The van der Waals surface area contributed by atoms with Crippen LogP contribution in [0.1, 0.15) is 24.2 Å². The summed E-state index contributed by atoms with van der Waals surface area (Å²) >= 11 is 0. The van der Waals surface area contributed by atoms with Crippen LogP contribution in [-0.4, -0.2) is 21.0 Å². The van der Waals surface area contributed by atoms with E-state index < -0.39 is 11.4 Å². The lowest BCUT2D eigenvalue weighted by Crippen LogP contribution is -2.20. The van der Waals surface area contributed by atoms with Crippen molar-refractivity contribution < 1.29 is 9.90 Å². The van der Waals surface area contributed by atoms with Crippen LogP contribution in [0.2, 0.25) is 0 Å². The summed E-state index contributed by atoms with van der Waals surface area (Å²) in [6, 6.07) is 8.07. The number of carboxylic acid groups (broad SMARTS) is 1. The lowest BCUT2D eigenvalue weighted by Gasteiger charge is -2.05. The van der Waals surface area contributed by atoms with E-state index in [2.05, 4.69) is 9.97 Å². The molecule has 0 amide bonds. The van der Waals surface area contributed by atoms with Gasteiger partial charge in [-0.15, -0.1) is 0 Å². The Morgan fingerprint density at radius 3 is 2.56 bits per heavy atom. The van der Waals surface area contributed by atoms with Gasteiger partial charge in [-0.2, -0.15) is 0 Å². The predicted octanol–water partition coefficient (Wildman–Crippen LogP) is 2.50. The average Bonchev–Trinajstić information content (AvgIpc) is 3.03. The molecule has 1 aliphatic carbocycles. The van der Waals surface area contributed by atoms with Gasteiger partial charge in [0.2, 0.25) is 0 Å². The normalized spacial score (nSPS) is 16.5. The molecule has 0 bridgehead atoms. The van der Waals surface area contributed by atoms with Crippen molar-refractivity contribution in [1.82, 2.24) is 9.97 Å². The Bertz CT molecular complexity index is 595. The van der Waals surface area contributed by atoms with Crippen LogP contribution in [0, 0.1) is 6.92 Å². The number of H-pyrrole nitrogens is 1. The Balaban J connectivity index is 1.95. The number of imidazole rings is 1. The maximum atomic E-state index is 11.2. The minimum Gasteiger partial charge on any atom is -0.480 e. The van der Waals surface area contributed by atoms with Crippen molar-refractivity contribution in [3.05, 3.63) is 41.9 Å². The zero-order chi connectivity index (χ0) is 12.8. The molecular weight excluding hydrogens is 228 g/mol. The molecule has 4 heteroatoms. The molecule has 0 aliphatic heterocycles. The molecule has 4 nitrogen and oxygen atoms in total. The van der Waals surface area contributed by atoms with Gasteiger partial charge in [0, 0.05) is 0 Å². The maximum Gasteiger partial charge on any atom is 0.317 e. The Hall–Kier alpha value is -2.10. The van der Waals surface area contributed by atoms with Crippen molar-refractivity contribution >= 4 is 5.97 Å². The predicted molar refractivity (Wildman–Crippen MR) is 67.3 cm³/mol. The van der Waals surface area contributed by atoms with E-state index in [4.69, 9.17) is 0 Å². The number of hydrogen-bond donors (Lipinski definition) is 2. The molecule has 2 N–H and O–H groups in total. The molecule has 18 heavy (non-hydrogen) atoms. The van der Waals surface area contributed by atoms with E-state index >= 15 is 0 Å². The summed E-state index contributed by atoms with van der Waals surface area (Å²) in [5.41, 5.74) is 2.34. The van der Waals surface area contributed by atoms with Crippen molar-refractivity contribution in [3.8, 4) is 11.3 Å². The van der Waals surface area contributed by atoms with E-state index in [0.29, 0.717) is 18.7 Å². The SMILES string of the molecule is Cc1ccc(-c2cnc(C3(C(=O)O)CC3)[nH]2)cc1. The Labute approximate surface area is 105 Å². The van der Waals surface area contributed by atoms with Gasteiger partial charge in [0.05, 0.1) is 11.9 Å². The number of nitrogens with one attached hydrogen (secondary N) is 1. The number of rotatable bonds is 3. The molecular formula is C14H14N2O2. The largest absolute Gasteiger partial charge is 0.480 e. The van der Waals surface area contributed by atoms with E-state index in [1.54, 1.807) is 6.20 Å². The number of aryl methyl sites for hydroxylation is 1. The fraction of sp³-hybridized carbons (Fsp3) is 0.286. The van der Waals surface area contributed by atoms with E-state index in [-0.39, 0.29) is 0 Å². The van der Waals surface area contributed by atoms with Crippen LogP contribution in [-0.2, 0) is 10.2 Å². The average molecular weight is 242 g/mol. The summed E-state index contributed by atoms with van der Waals surface area (Å²) in [5.74, 6) is -0.210. The summed E-state index contributed by atoms with van der Waals surface area (Å²) in [7, 11) is 0. The molecule has 0 radical (unpaired) electrons. The standard InChI is InChI=1S/C14H14N2O2/c1-9-2-4-10(5-3-9)11-8-15-12(16-11)14(6-7-14)13(17)18/h2-5,8H,6-7H2,1H3,(H,15,16)(H,17,18). The van der Waals surface area contributed by atoms with Crippen LogP contribution in [0.5, 0.6) is 0 Å². The van der Waals surface area contributed by atoms with E-state index in [0.717, 1.165) is 11.3 Å². The third-order valence-electron chi connectivity index (χ3n) is 3.55. The van der Waals surface area contributed by atoms with E-state index in [1.165, 1.54) is 5.56 Å². The van der Waals surface area contributed by atoms with Gasteiger partial charge < -0.3 is 10.1 Å². The highest BCUT2D eigenvalue weighted by molar-refractivity contribution is 5.83. The van der Waals surface area contributed by atoms with Gasteiger partial charge in [-0.05, 0) is 25.3 Å². The quantitative estimate of drug-likeness (QED) is 0.869. The van der Waals surface area contributed by atoms with Crippen LogP contribution in [0.3, 0.4) is 0 Å². The fourth-order valence-electron chi connectivity index (χ4n) is 2.12. The zero-order valence-corrected chi connectivity index (χ0v) is 10.1. The van der Waals surface area contributed by atoms with Crippen LogP contribution in [0.15, 0.2) is 30.5 Å². The lowest BCUT2D eigenvalue weighted by atomic mass is 10.1. The minimum atomic E-state index is -0.785. The lowest BCUT2D eigenvalue weighted by molar-refractivity contribution is -0.140. The van der Waals surface area contributed by atoms with Crippen molar-refractivity contribution in [2.75, 3.05) is 0 Å². The highest BCUT2D eigenvalue weighted by atomic mass is 16.4. The van der Waals surface area contributed by atoms with Crippen LogP contribution in [0.25, 0.3) is 11.3 Å². The molecule has 0 saturated heterocycles. The minimum absolute atomic E-state index is 0.575. The van der Waals surface area contributed by atoms with Crippen LogP contribution < -0.4 is 0 Å². The highest BCUT2D eigenvalue weighted by Crippen LogP contribution is 2.47. The van der Waals surface area contributed by atoms with Gasteiger partial charge in [-0.25, -0.2) is 4.98 Å². The number of hydrogen-bond acceptors (Lipinski definition) is 2. The molecule has 0 spiro atoms. The van der Waals surface area contributed by atoms with Crippen LogP contribution in [0.4, 0.5) is 0 Å². The van der Waals surface area contributed by atoms with Gasteiger partial charge in [0.15, 0.2) is 0 Å². The Morgan fingerprint density at radius 1 is 1.33 bits per heavy atom. The van der Waals surface area contributed by atoms with Crippen molar-refractivity contribution in [1.29, 1.82) is 0 Å². The van der Waals surface area contributed by atoms with Gasteiger partial charge in [0.25, 0.3) is 0 Å². The third-order valence-corrected chi connectivity index (χ3v) is 3.55. The fourth-order valence-corrected chi connectivity index (χ4v) is 2.12. The number of benzene rings is 1. The smallest absolute Gasteiger partial charge is 0.317 e. The topological polar surface area (TPSA) is 66.0 Å². The van der Waals surface area contributed by atoms with Crippen molar-refractivity contribution in [3.63, 3.8) is 0 Å². The zero-order valence-electron chi connectivity index (χ0n) is 10.1. The highest BCUT2D eigenvalue weighted by Gasteiger charge is 2.54. The van der Waals surface area contributed by atoms with E-state index in [9.17, 15) is 9.90 Å². The summed E-state index contributed by atoms with van der Waals surface area (Å²) < 4.78 is 0. The Morgan fingerprint density at radius 2 is 2.00 bits per heavy atom. The van der Waals surface area contributed by atoms with Gasteiger partial charge >= 0.3 is 5.97 Å². The third kappa shape index (κ3) is 1.61. The second kappa shape index (κ2) is 3.70. The molecule has 2 aromatic rings. The summed E-state index contributed by atoms with van der Waals surface area (Å²) in [4.78, 5) is 18.6. The number of carbonyl (C=O) groups is 1. The van der Waals surface area contributed by atoms with Gasteiger partial charge in [0.1, 0.15) is 11.2 Å². The summed E-state index contributed by atoms with van der Waals surface area (Å²) in [6.45, 7) is 2.03. The monoisotopic (exact) mass is 242 g/mol. The second-order valence-electron chi connectivity index (χ2n) is 4.90. The first kappa shape index (κ1) is 11.0. The molecule has 0 atom stereocenters. The first-order chi connectivity index (χ1) is 8.62. The molecule has 1 aromatic heterocycles. The molecule has 1 aromatic carbocycles. The number of nitrogens with zero attached hydrogens (tertiary/aromatic N) is 1. The first-order valence-electron chi connectivity index (χ1n) is 5.98.